The first-order valence-electron chi connectivity index (χ1n) is 9.66. The van der Waals surface area contributed by atoms with Crippen molar-refractivity contribution in [2.24, 2.45) is 5.41 Å². The lowest BCUT2D eigenvalue weighted by Crippen LogP contribution is -2.48. The molecule has 146 valence electrons. The molecule has 0 aliphatic carbocycles. The summed E-state index contributed by atoms with van der Waals surface area (Å²) in [5, 5.41) is 5.83. The summed E-state index contributed by atoms with van der Waals surface area (Å²) in [5.74, 6) is 0.742. The summed E-state index contributed by atoms with van der Waals surface area (Å²) in [4.78, 5) is 26.4. The van der Waals surface area contributed by atoms with Crippen molar-refractivity contribution in [3.8, 4) is 5.75 Å². The van der Waals surface area contributed by atoms with Crippen LogP contribution in [0.25, 0.3) is 0 Å². The van der Waals surface area contributed by atoms with Gasteiger partial charge in [-0.15, -0.1) is 0 Å². The molecule has 0 saturated carbocycles. The predicted octanol–water partition coefficient (Wildman–Crippen LogP) is 3.26. The van der Waals surface area contributed by atoms with Gasteiger partial charge in [-0.05, 0) is 55.8 Å². The number of fused-ring (bicyclic) bond motifs is 1. The Morgan fingerprint density at radius 1 is 1.14 bits per heavy atom. The summed E-state index contributed by atoms with van der Waals surface area (Å²) in [6.45, 7) is 4.46. The monoisotopic (exact) mass is 379 g/mol. The normalized spacial score (nSPS) is 18.5. The molecule has 1 saturated heterocycles. The van der Waals surface area contributed by atoms with Gasteiger partial charge in [-0.25, -0.2) is 0 Å². The van der Waals surface area contributed by atoms with Gasteiger partial charge in [-0.2, -0.15) is 0 Å². The zero-order chi connectivity index (χ0) is 19.6. The number of anilines is 2. The smallest absolute Gasteiger partial charge is 0.234 e. The standard InChI is InChI=1S/C22H25N3O3/c1-16(26)23-18-8-6-17(7-9-18)14-25-12-10-22(11-13-25)15-28-20-5-3-2-4-19(20)24-21(22)27/h2-9H,10-15H2,1H3,(H,23,26)(H,24,27). The molecule has 0 atom stereocenters. The van der Waals surface area contributed by atoms with Crippen LogP contribution in [-0.4, -0.2) is 36.4 Å². The van der Waals surface area contributed by atoms with E-state index in [0.29, 0.717) is 6.61 Å². The van der Waals surface area contributed by atoms with Crippen LogP contribution in [0.3, 0.4) is 0 Å². The Bertz CT molecular complexity index is 871. The molecule has 2 aromatic rings. The average Bonchev–Trinajstić information content (AvgIpc) is 2.82. The minimum absolute atomic E-state index is 0.0664. The lowest BCUT2D eigenvalue weighted by Gasteiger charge is -2.39. The van der Waals surface area contributed by atoms with E-state index >= 15 is 0 Å². The average molecular weight is 379 g/mol. The molecule has 4 rings (SSSR count). The fourth-order valence-electron chi connectivity index (χ4n) is 3.90. The van der Waals surface area contributed by atoms with Gasteiger partial charge in [0, 0.05) is 19.2 Å². The van der Waals surface area contributed by atoms with E-state index in [-0.39, 0.29) is 11.8 Å². The number of carbonyl (C=O) groups is 2. The van der Waals surface area contributed by atoms with Gasteiger partial charge >= 0.3 is 0 Å². The summed E-state index contributed by atoms with van der Waals surface area (Å²) in [7, 11) is 0. The second-order valence-corrected chi connectivity index (χ2v) is 7.67. The quantitative estimate of drug-likeness (QED) is 0.859. The van der Waals surface area contributed by atoms with Gasteiger partial charge in [0.1, 0.15) is 12.4 Å². The van der Waals surface area contributed by atoms with Crippen LogP contribution < -0.4 is 15.4 Å². The number of nitrogens with zero attached hydrogens (tertiary/aromatic N) is 1. The Kier molecular flexibility index (Phi) is 5.05. The molecule has 1 fully saturated rings. The van der Waals surface area contributed by atoms with Crippen molar-refractivity contribution < 1.29 is 14.3 Å². The molecule has 0 bridgehead atoms. The van der Waals surface area contributed by atoms with Crippen molar-refractivity contribution in [3.05, 3.63) is 54.1 Å². The number of likely N-dealkylation sites (tertiary alicyclic amines) is 1. The van der Waals surface area contributed by atoms with Gasteiger partial charge in [-0.3, -0.25) is 14.5 Å². The van der Waals surface area contributed by atoms with Crippen molar-refractivity contribution in [3.63, 3.8) is 0 Å². The number of amides is 2. The van der Waals surface area contributed by atoms with Gasteiger partial charge in [0.25, 0.3) is 0 Å². The highest BCUT2D eigenvalue weighted by molar-refractivity contribution is 5.97. The summed E-state index contributed by atoms with van der Waals surface area (Å²) in [6.07, 6.45) is 1.55. The first kappa shape index (κ1) is 18.5. The Morgan fingerprint density at radius 2 is 1.86 bits per heavy atom. The van der Waals surface area contributed by atoms with E-state index in [4.69, 9.17) is 4.74 Å². The molecule has 6 nitrogen and oxygen atoms in total. The molecule has 2 aromatic carbocycles. The van der Waals surface area contributed by atoms with Crippen molar-refractivity contribution in [2.75, 3.05) is 30.3 Å². The van der Waals surface area contributed by atoms with E-state index in [1.807, 2.05) is 48.5 Å². The third-order valence-electron chi connectivity index (χ3n) is 5.61. The Hall–Kier alpha value is -2.86. The lowest BCUT2D eigenvalue weighted by atomic mass is 9.78. The highest BCUT2D eigenvalue weighted by Crippen LogP contribution is 2.38. The number of hydrogen-bond acceptors (Lipinski definition) is 4. The summed E-state index contributed by atoms with van der Waals surface area (Å²) in [6, 6.07) is 15.5. The molecular formula is C22H25N3O3. The number of benzene rings is 2. The van der Waals surface area contributed by atoms with Gasteiger partial charge in [-0.1, -0.05) is 24.3 Å². The third-order valence-corrected chi connectivity index (χ3v) is 5.61. The summed E-state index contributed by atoms with van der Waals surface area (Å²) in [5.41, 5.74) is 2.29. The van der Waals surface area contributed by atoms with E-state index < -0.39 is 5.41 Å². The zero-order valence-corrected chi connectivity index (χ0v) is 16.0. The molecule has 28 heavy (non-hydrogen) atoms. The van der Waals surface area contributed by atoms with Crippen LogP contribution in [0.1, 0.15) is 25.3 Å². The van der Waals surface area contributed by atoms with E-state index in [1.54, 1.807) is 0 Å². The molecule has 0 aromatic heterocycles. The highest BCUT2D eigenvalue weighted by atomic mass is 16.5. The number of rotatable bonds is 3. The van der Waals surface area contributed by atoms with Crippen molar-refractivity contribution in [1.82, 2.24) is 4.90 Å². The largest absolute Gasteiger partial charge is 0.490 e. The Balaban J connectivity index is 1.37. The van der Waals surface area contributed by atoms with Gasteiger partial charge in [0.15, 0.2) is 0 Å². The number of ether oxygens (including phenoxy) is 1. The number of nitrogens with one attached hydrogen (secondary N) is 2. The fourth-order valence-corrected chi connectivity index (χ4v) is 3.90. The zero-order valence-electron chi connectivity index (χ0n) is 16.0. The topological polar surface area (TPSA) is 70.7 Å². The van der Waals surface area contributed by atoms with Gasteiger partial charge in [0.2, 0.25) is 11.8 Å². The van der Waals surface area contributed by atoms with Crippen LogP contribution in [0.15, 0.2) is 48.5 Å². The summed E-state index contributed by atoms with van der Waals surface area (Å²) < 4.78 is 5.97. The minimum Gasteiger partial charge on any atom is -0.490 e. The maximum absolute atomic E-state index is 12.9. The molecule has 2 amide bonds. The highest BCUT2D eigenvalue weighted by Gasteiger charge is 2.44. The maximum atomic E-state index is 12.9. The van der Waals surface area contributed by atoms with E-state index in [9.17, 15) is 9.59 Å². The summed E-state index contributed by atoms with van der Waals surface area (Å²) >= 11 is 0. The first-order valence-corrected chi connectivity index (χ1v) is 9.66. The van der Waals surface area contributed by atoms with Gasteiger partial charge in [0.05, 0.1) is 11.1 Å². The van der Waals surface area contributed by atoms with Crippen LogP contribution in [-0.2, 0) is 16.1 Å². The van der Waals surface area contributed by atoms with Crippen molar-refractivity contribution in [1.29, 1.82) is 0 Å². The lowest BCUT2D eigenvalue weighted by molar-refractivity contribution is -0.130. The van der Waals surface area contributed by atoms with Crippen molar-refractivity contribution in [2.45, 2.75) is 26.3 Å². The van der Waals surface area contributed by atoms with Crippen LogP contribution in [0.4, 0.5) is 11.4 Å². The number of para-hydroxylation sites is 2. The molecule has 2 heterocycles. The van der Waals surface area contributed by atoms with Crippen LogP contribution >= 0.6 is 0 Å². The van der Waals surface area contributed by atoms with Crippen molar-refractivity contribution >= 4 is 23.2 Å². The van der Waals surface area contributed by atoms with Gasteiger partial charge < -0.3 is 15.4 Å². The molecule has 2 aliphatic rings. The number of carbonyl (C=O) groups excluding carboxylic acids is 2. The minimum atomic E-state index is -0.467. The van der Waals surface area contributed by atoms with E-state index in [1.165, 1.54) is 12.5 Å². The number of piperidine rings is 1. The van der Waals surface area contributed by atoms with Crippen LogP contribution in [0.5, 0.6) is 5.75 Å². The molecule has 2 aliphatic heterocycles. The third kappa shape index (κ3) is 3.87. The maximum Gasteiger partial charge on any atom is 0.234 e. The second kappa shape index (κ2) is 7.64. The molecule has 2 N–H and O–H groups in total. The Labute approximate surface area is 164 Å². The van der Waals surface area contributed by atoms with E-state index in [0.717, 1.165) is 49.6 Å². The molecule has 0 radical (unpaired) electrons. The van der Waals surface area contributed by atoms with Crippen LogP contribution in [0, 0.1) is 5.41 Å². The predicted molar refractivity (Wildman–Crippen MR) is 108 cm³/mol. The molecule has 1 spiro atoms. The Morgan fingerprint density at radius 3 is 2.57 bits per heavy atom. The number of hydrogen-bond donors (Lipinski definition) is 2. The SMILES string of the molecule is CC(=O)Nc1ccc(CN2CCC3(CC2)COc2ccccc2NC3=O)cc1. The second-order valence-electron chi connectivity index (χ2n) is 7.67. The first-order chi connectivity index (χ1) is 13.5. The molecular weight excluding hydrogens is 354 g/mol. The fraction of sp³-hybridized carbons (Fsp3) is 0.364. The van der Waals surface area contributed by atoms with E-state index in [2.05, 4.69) is 15.5 Å². The molecule has 0 unspecified atom stereocenters. The molecule has 6 heteroatoms. The van der Waals surface area contributed by atoms with Crippen LogP contribution in [0.2, 0.25) is 0 Å².